The third kappa shape index (κ3) is 6.56. The number of benzene rings is 1. The SMILES string of the molecule is COCCNCCc1ccc2nc3sc(C(=O)N(C)CC(C)(C)C)cn3c2c1.Cl.Cl. The molecular weight excluding hydrogens is 443 g/mol. The molecule has 9 heteroatoms. The number of halogens is 2. The van der Waals surface area contributed by atoms with Crippen molar-refractivity contribution in [1.29, 1.82) is 0 Å². The number of hydrogen-bond acceptors (Lipinski definition) is 5. The Morgan fingerprint density at radius 2 is 2.00 bits per heavy atom. The number of imidazole rings is 1. The Labute approximate surface area is 194 Å². The highest BCUT2D eigenvalue weighted by Gasteiger charge is 2.21. The first-order valence-corrected chi connectivity index (χ1v) is 10.5. The highest BCUT2D eigenvalue weighted by molar-refractivity contribution is 7.18. The van der Waals surface area contributed by atoms with Gasteiger partial charge in [0.1, 0.15) is 4.88 Å². The summed E-state index contributed by atoms with van der Waals surface area (Å²) in [6.07, 6.45) is 2.87. The lowest BCUT2D eigenvalue weighted by Crippen LogP contribution is -2.34. The van der Waals surface area contributed by atoms with E-state index in [2.05, 4.69) is 44.3 Å². The van der Waals surface area contributed by atoms with Gasteiger partial charge in [-0.25, -0.2) is 4.98 Å². The minimum atomic E-state index is 0. The Morgan fingerprint density at radius 1 is 1.27 bits per heavy atom. The largest absolute Gasteiger partial charge is 0.383 e. The Hall–Kier alpha value is -1.38. The van der Waals surface area contributed by atoms with Crippen LogP contribution >= 0.6 is 36.2 Å². The van der Waals surface area contributed by atoms with Gasteiger partial charge in [-0.15, -0.1) is 24.8 Å². The van der Waals surface area contributed by atoms with Gasteiger partial charge in [-0.1, -0.05) is 38.2 Å². The predicted molar refractivity (Wildman–Crippen MR) is 130 cm³/mol. The number of rotatable bonds is 8. The number of aromatic nitrogens is 2. The molecule has 168 valence electrons. The summed E-state index contributed by atoms with van der Waals surface area (Å²) in [6, 6.07) is 6.36. The maximum absolute atomic E-state index is 12.8. The molecule has 0 saturated carbocycles. The summed E-state index contributed by atoms with van der Waals surface area (Å²) in [4.78, 5) is 20.9. The summed E-state index contributed by atoms with van der Waals surface area (Å²) in [5, 5.41) is 3.37. The van der Waals surface area contributed by atoms with E-state index in [-0.39, 0.29) is 36.1 Å². The smallest absolute Gasteiger partial charge is 0.265 e. The lowest BCUT2D eigenvalue weighted by Gasteiger charge is -2.26. The number of carbonyl (C=O) groups excluding carboxylic acids is 1. The van der Waals surface area contributed by atoms with Gasteiger partial charge >= 0.3 is 0 Å². The van der Waals surface area contributed by atoms with Crippen molar-refractivity contribution in [3.63, 3.8) is 0 Å². The molecule has 1 amide bonds. The van der Waals surface area contributed by atoms with Crippen molar-refractivity contribution in [1.82, 2.24) is 19.6 Å². The summed E-state index contributed by atoms with van der Waals surface area (Å²) < 4.78 is 7.09. The monoisotopic (exact) mass is 474 g/mol. The minimum Gasteiger partial charge on any atom is -0.383 e. The molecule has 0 aliphatic heterocycles. The van der Waals surface area contributed by atoms with Gasteiger partial charge in [0, 0.05) is 33.4 Å². The highest BCUT2D eigenvalue weighted by atomic mass is 35.5. The normalized spacial score (nSPS) is 11.4. The second-order valence-electron chi connectivity index (χ2n) is 8.40. The van der Waals surface area contributed by atoms with Gasteiger partial charge in [-0.05, 0) is 36.1 Å². The van der Waals surface area contributed by atoms with Gasteiger partial charge in [0.05, 0.1) is 17.6 Å². The molecule has 0 radical (unpaired) electrons. The van der Waals surface area contributed by atoms with Crippen molar-refractivity contribution in [2.24, 2.45) is 5.41 Å². The average Bonchev–Trinajstić information content (AvgIpc) is 3.17. The highest BCUT2D eigenvalue weighted by Crippen LogP contribution is 2.26. The fourth-order valence-corrected chi connectivity index (χ4v) is 4.30. The molecule has 30 heavy (non-hydrogen) atoms. The average molecular weight is 475 g/mol. The molecule has 0 aliphatic rings. The van der Waals surface area contributed by atoms with Crippen LogP contribution < -0.4 is 5.32 Å². The maximum atomic E-state index is 12.8. The topological polar surface area (TPSA) is 58.9 Å². The summed E-state index contributed by atoms with van der Waals surface area (Å²) in [6.45, 7) is 9.60. The van der Waals surface area contributed by atoms with E-state index >= 15 is 0 Å². The Balaban J connectivity index is 0.00000225. The predicted octanol–water partition coefficient (Wildman–Crippen LogP) is 4.29. The lowest BCUT2D eigenvalue weighted by molar-refractivity contribution is 0.0750. The molecule has 0 aliphatic carbocycles. The number of nitrogens with zero attached hydrogens (tertiary/aromatic N) is 3. The van der Waals surface area contributed by atoms with Gasteiger partial charge < -0.3 is 15.0 Å². The van der Waals surface area contributed by atoms with Crippen molar-refractivity contribution in [3.8, 4) is 0 Å². The van der Waals surface area contributed by atoms with Crippen LogP contribution in [0.2, 0.25) is 0 Å². The van der Waals surface area contributed by atoms with Crippen LogP contribution in [0.5, 0.6) is 0 Å². The molecule has 0 saturated heterocycles. The van der Waals surface area contributed by atoms with Crippen molar-refractivity contribution in [2.45, 2.75) is 27.2 Å². The summed E-state index contributed by atoms with van der Waals surface area (Å²) >= 11 is 1.45. The van der Waals surface area contributed by atoms with Crippen LogP contribution in [0.15, 0.2) is 24.4 Å². The van der Waals surface area contributed by atoms with E-state index in [1.165, 1.54) is 16.9 Å². The van der Waals surface area contributed by atoms with E-state index < -0.39 is 0 Å². The van der Waals surface area contributed by atoms with E-state index in [0.717, 1.165) is 47.0 Å². The summed E-state index contributed by atoms with van der Waals surface area (Å²) in [7, 11) is 3.57. The molecule has 3 aromatic rings. The molecule has 1 aromatic carbocycles. The summed E-state index contributed by atoms with van der Waals surface area (Å²) in [5.41, 5.74) is 3.34. The number of nitrogens with one attached hydrogen (secondary N) is 1. The molecule has 2 heterocycles. The quantitative estimate of drug-likeness (QED) is 0.494. The van der Waals surface area contributed by atoms with Crippen molar-refractivity contribution in [3.05, 3.63) is 34.8 Å². The molecule has 1 N–H and O–H groups in total. The van der Waals surface area contributed by atoms with Crippen molar-refractivity contribution >= 4 is 58.1 Å². The molecule has 0 bridgehead atoms. The van der Waals surface area contributed by atoms with E-state index in [9.17, 15) is 4.79 Å². The van der Waals surface area contributed by atoms with Crippen LogP contribution in [0.1, 0.15) is 36.0 Å². The lowest BCUT2D eigenvalue weighted by atomic mass is 9.96. The zero-order valence-corrected chi connectivity index (χ0v) is 20.7. The standard InChI is InChI=1S/C21H30N4O2S.2ClH/c1-21(2,3)14-24(4)19(26)18-13-25-17-12-15(8-9-22-10-11-27-5)6-7-16(17)23-20(25)28-18;;/h6-7,12-13,22H,8-11,14H2,1-5H3;2*1H. The molecule has 0 atom stereocenters. The Kier molecular flexibility index (Phi) is 10.0. The van der Waals surface area contributed by atoms with Crippen LogP contribution in [-0.4, -0.2) is 60.6 Å². The first-order valence-electron chi connectivity index (χ1n) is 9.64. The van der Waals surface area contributed by atoms with Crippen LogP contribution in [-0.2, 0) is 11.2 Å². The van der Waals surface area contributed by atoms with E-state index in [4.69, 9.17) is 9.72 Å². The summed E-state index contributed by atoms with van der Waals surface area (Å²) in [5.74, 6) is 0.0528. The molecule has 0 unspecified atom stereocenters. The number of carbonyl (C=O) groups is 1. The van der Waals surface area contributed by atoms with Crippen LogP contribution in [0.3, 0.4) is 0 Å². The molecular formula is C21H32Cl2N4O2S. The van der Waals surface area contributed by atoms with Gasteiger partial charge in [0.2, 0.25) is 0 Å². The molecule has 6 nitrogen and oxygen atoms in total. The number of fused-ring (bicyclic) bond motifs is 3. The van der Waals surface area contributed by atoms with E-state index in [0.29, 0.717) is 6.54 Å². The van der Waals surface area contributed by atoms with E-state index in [1.807, 2.05) is 17.6 Å². The van der Waals surface area contributed by atoms with Crippen molar-refractivity contribution < 1.29 is 9.53 Å². The third-order valence-corrected chi connectivity index (χ3v) is 5.48. The third-order valence-electron chi connectivity index (χ3n) is 4.51. The first-order chi connectivity index (χ1) is 13.3. The van der Waals surface area contributed by atoms with Gasteiger partial charge in [0.25, 0.3) is 5.91 Å². The zero-order valence-electron chi connectivity index (χ0n) is 18.2. The number of methoxy groups -OCH3 is 1. The van der Waals surface area contributed by atoms with Gasteiger partial charge in [-0.2, -0.15) is 0 Å². The van der Waals surface area contributed by atoms with Crippen LogP contribution in [0, 0.1) is 5.41 Å². The van der Waals surface area contributed by atoms with Crippen molar-refractivity contribution in [2.75, 3.05) is 40.4 Å². The first kappa shape index (κ1) is 26.7. The molecule has 0 spiro atoms. The van der Waals surface area contributed by atoms with Crippen LogP contribution in [0.25, 0.3) is 16.0 Å². The van der Waals surface area contributed by atoms with Gasteiger partial charge in [0.15, 0.2) is 4.96 Å². The van der Waals surface area contributed by atoms with E-state index in [1.54, 1.807) is 12.0 Å². The number of thiazole rings is 1. The zero-order chi connectivity index (χ0) is 20.3. The van der Waals surface area contributed by atoms with Gasteiger partial charge in [-0.3, -0.25) is 9.20 Å². The Morgan fingerprint density at radius 3 is 2.67 bits per heavy atom. The molecule has 0 fully saturated rings. The Bertz CT molecular complexity index is 965. The number of amides is 1. The molecule has 2 aromatic heterocycles. The fraction of sp³-hybridized carbons (Fsp3) is 0.524. The second-order valence-corrected chi connectivity index (χ2v) is 9.41. The number of ether oxygens (including phenoxy) is 1. The fourth-order valence-electron chi connectivity index (χ4n) is 3.31. The molecule has 3 rings (SSSR count). The minimum absolute atomic E-state index is 0. The second kappa shape index (κ2) is 11.3. The maximum Gasteiger partial charge on any atom is 0.265 e. The number of hydrogen-bond donors (Lipinski definition) is 1. The van der Waals surface area contributed by atoms with Crippen LogP contribution in [0.4, 0.5) is 0 Å².